The van der Waals surface area contributed by atoms with Gasteiger partial charge in [-0.2, -0.15) is 5.10 Å². The topological polar surface area (TPSA) is 84.7 Å². The van der Waals surface area contributed by atoms with E-state index in [1.807, 2.05) is 13.8 Å². The molecule has 0 aromatic carbocycles. The third kappa shape index (κ3) is 3.41. The van der Waals surface area contributed by atoms with Gasteiger partial charge in [0.05, 0.1) is 30.4 Å². The molecule has 1 atom stereocenters. The van der Waals surface area contributed by atoms with E-state index in [0.29, 0.717) is 29.6 Å². The average molecular weight is 330 g/mol. The van der Waals surface area contributed by atoms with Crippen LogP contribution in [0.5, 0.6) is 0 Å². The van der Waals surface area contributed by atoms with E-state index >= 15 is 0 Å². The van der Waals surface area contributed by atoms with Gasteiger partial charge in [0.25, 0.3) is 5.91 Å². The van der Waals surface area contributed by atoms with Gasteiger partial charge in [-0.25, -0.2) is 0 Å². The Morgan fingerprint density at radius 2 is 2.18 bits per heavy atom. The first-order valence-electron chi connectivity index (χ1n) is 7.16. The van der Waals surface area contributed by atoms with Crippen LogP contribution in [-0.4, -0.2) is 57.5 Å². The van der Waals surface area contributed by atoms with Gasteiger partial charge in [0.1, 0.15) is 5.15 Å². The minimum Gasteiger partial charge on any atom is -0.481 e. The molecule has 0 radical (unpaired) electrons. The maximum atomic E-state index is 12.8. The summed E-state index contributed by atoms with van der Waals surface area (Å²) in [6.45, 7) is 4.87. The number of amides is 1. The van der Waals surface area contributed by atoms with Crippen molar-refractivity contribution in [3.05, 3.63) is 16.4 Å². The first-order valence-corrected chi connectivity index (χ1v) is 7.54. The molecule has 2 heterocycles. The molecule has 1 saturated heterocycles. The van der Waals surface area contributed by atoms with Crippen molar-refractivity contribution in [1.82, 2.24) is 14.7 Å². The van der Waals surface area contributed by atoms with Crippen LogP contribution in [0.1, 0.15) is 42.2 Å². The molecule has 1 N–H and O–H groups in total. The number of aryl methyl sites for hydroxylation is 1. The summed E-state index contributed by atoms with van der Waals surface area (Å²) >= 11 is 6.22. The highest BCUT2D eigenvalue weighted by Crippen LogP contribution is 2.27. The summed E-state index contributed by atoms with van der Waals surface area (Å²) in [4.78, 5) is 25.2. The largest absolute Gasteiger partial charge is 0.481 e. The minimum absolute atomic E-state index is 0.0634. The normalized spacial score (nSPS) is 18.8. The van der Waals surface area contributed by atoms with Crippen molar-refractivity contribution in [2.45, 2.75) is 32.3 Å². The van der Waals surface area contributed by atoms with Crippen molar-refractivity contribution in [3.63, 3.8) is 0 Å². The van der Waals surface area contributed by atoms with Crippen LogP contribution in [0, 0.1) is 0 Å². The summed E-state index contributed by atoms with van der Waals surface area (Å²) in [7, 11) is 1.69. The van der Waals surface area contributed by atoms with Gasteiger partial charge >= 0.3 is 5.97 Å². The molecular weight excluding hydrogens is 310 g/mol. The van der Waals surface area contributed by atoms with Crippen LogP contribution in [-0.2, 0) is 16.6 Å². The average Bonchev–Trinajstić information content (AvgIpc) is 2.74. The second-order valence-corrected chi connectivity index (χ2v) is 6.03. The van der Waals surface area contributed by atoms with Gasteiger partial charge in [0.2, 0.25) is 0 Å². The lowest BCUT2D eigenvalue weighted by atomic mass is 10.0. The fourth-order valence-electron chi connectivity index (χ4n) is 2.51. The zero-order chi connectivity index (χ0) is 16.4. The van der Waals surface area contributed by atoms with E-state index in [0.717, 1.165) is 0 Å². The Balaban J connectivity index is 2.22. The van der Waals surface area contributed by atoms with Crippen molar-refractivity contribution >= 4 is 23.5 Å². The molecule has 1 aliphatic rings. The maximum absolute atomic E-state index is 12.8. The van der Waals surface area contributed by atoms with Crippen LogP contribution in [0.4, 0.5) is 0 Å². The highest BCUT2D eigenvalue weighted by Gasteiger charge is 2.31. The highest BCUT2D eigenvalue weighted by atomic mass is 35.5. The number of morpholine rings is 1. The third-order valence-electron chi connectivity index (χ3n) is 3.59. The molecule has 0 bridgehead atoms. The predicted molar refractivity (Wildman–Crippen MR) is 80.2 cm³/mol. The fraction of sp³-hybridized carbons (Fsp3) is 0.643. The molecular formula is C14H20ClN3O4. The number of hydrogen-bond acceptors (Lipinski definition) is 4. The molecule has 8 heteroatoms. The lowest BCUT2D eigenvalue weighted by Gasteiger charge is -2.32. The Morgan fingerprint density at radius 3 is 2.77 bits per heavy atom. The lowest BCUT2D eigenvalue weighted by Crippen LogP contribution is -2.46. The summed E-state index contributed by atoms with van der Waals surface area (Å²) in [5.41, 5.74) is 1.05. The number of halogens is 1. The fourth-order valence-corrected chi connectivity index (χ4v) is 2.72. The SMILES string of the molecule is CC(C)c1nn(C)c(Cl)c1C(=O)N1CCO[C@H](CC(=O)O)C1. The number of ether oxygens (including phenoxy) is 1. The number of nitrogens with zero attached hydrogens (tertiary/aromatic N) is 3. The standard InChI is InChI=1S/C14H20ClN3O4/c1-8(2)12-11(13(15)17(3)16-12)14(21)18-4-5-22-9(7-18)6-10(19)20/h8-9H,4-7H2,1-3H3,(H,19,20)/t9-/m1/s1. The molecule has 7 nitrogen and oxygen atoms in total. The van der Waals surface area contributed by atoms with Crippen LogP contribution in [0.3, 0.4) is 0 Å². The number of carbonyl (C=O) groups is 2. The maximum Gasteiger partial charge on any atom is 0.306 e. The molecule has 122 valence electrons. The van der Waals surface area contributed by atoms with Crippen LogP contribution in [0.2, 0.25) is 5.15 Å². The van der Waals surface area contributed by atoms with E-state index < -0.39 is 12.1 Å². The van der Waals surface area contributed by atoms with E-state index in [1.54, 1.807) is 11.9 Å². The molecule has 22 heavy (non-hydrogen) atoms. The van der Waals surface area contributed by atoms with Crippen LogP contribution in [0.15, 0.2) is 0 Å². The summed E-state index contributed by atoms with van der Waals surface area (Å²) in [6.07, 6.45) is -0.616. The number of aromatic nitrogens is 2. The van der Waals surface area contributed by atoms with E-state index in [4.69, 9.17) is 21.4 Å². The number of aliphatic carboxylic acids is 1. The van der Waals surface area contributed by atoms with E-state index in [-0.39, 0.29) is 24.8 Å². The Morgan fingerprint density at radius 1 is 1.50 bits per heavy atom. The van der Waals surface area contributed by atoms with E-state index in [1.165, 1.54) is 4.68 Å². The first-order chi connectivity index (χ1) is 10.3. The molecule has 1 aliphatic heterocycles. The number of rotatable bonds is 4. The molecule has 0 spiro atoms. The van der Waals surface area contributed by atoms with Gasteiger partial charge in [-0.15, -0.1) is 0 Å². The minimum atomic E-state index is -0.943. The van der Waals surface area contributed by atoms with Gasteiger partial charge in [0, 0.05) is 20.1 Å². The molecule has 0 aliphatic carbocycles. The van der Waals surface area contributed by atoms with Crippen molar-refractivity contribution in [2.24, 2.45) is 7.05 Å². The number of carbonyl (C=O) groups excluding carboxylic acids is 1. The van der Waals surface area contributed by atoms with Gasteiger partial charge in [-0.1, -0.05) is 25.4 Å². The molecule has 0 saturated carbocycles. The molecule has 1 aromatic heterocycles. The van der Waals surface area contributed by atoms with Crippen molar-refractivity contribution < 1.29 is 19.4 Å². The van der Waals surface area contributed by atoms with Crippen LogP contribution < -0.4 is 0 Å². The number of carboxylic acid groups (broad SMARTS) is 1. The monoisotopic (exact) mass is 329 g/mol. The molecule has 1 aromatic rings. The highest BCUT2D eigenvalue weighted by molar-refractivity contribution is 6.33. The van der Waals surface area contributed by atoms with Gasteiger partial charge in [0.15, 0.2) is 0 Å². The summed E-state index contributed by atoms with van der Waals surface area (Å²) in [5.74, 6) is -1.10. The summed E-state index contributed by atoms with van der Waals surface area (Å²) in [5, 5.41) is 13.5. The smallest absolute Gasteiger partial charge is 0.306 e. The van der Waals surface area contributed by atoms with Gasteiger partial charge in [-0.3, -0.25) is 14.3 Å². The second kappa shape index (κ2) is 6.66. The zero-order valence-corrected chi connectivity index (χ0v) is 13.6. The Kier molecular flexibility index (Phi) is 5.08. The van der Waals surface area contributed by atoms with Crippen molar-refractivity contribution in [2.75, 3.05) is 19.7 Å². The van der Waals surface area contributed by atoms with Crippen molar-refractivity contribution in [3.8, 4) is 0 Å². The summed E-state index contributed by atoms with van der Waals surface area (Å²) in [6, 6.07) is 0. The van der Waals surface area contributed by atoms with E-state index in [2.05, 4.69) is 5.10 Å². The molecule has 1 amide bonds. The Bertz CT molecular complexity index is 585. The molecule has 0 unspecified atom stereocenters. The van der Waals surface area contributed by atoms with Crippen molar-refractivity contribution in [1.29, 1.82) is 0 Å². The number of hydrogen-bond donors (Lipinski definition) is 1. The summed E-state index contributed by atoms with van der Waals surface area (Å²) < 4.78 is 6.88. The predicted octanol–water partition coefficient (Wildman–Crippen LogP) is 1.51. The quantitative estimate of drug-likeness (QED) is 0.905. The van der Waals surface area contributed by atoms with Gasteiger partial charge < -0.3 is 14.7 Å². The molecule has 2 rings (SSSR count). The second-order valence-electron chi connectivity index (χ2n) is 5.67. The van der Waals surface area contributed by atoms with E-state index in [9.17, 15) is 9.59 Å². The van der Waals surface area contributed by atoms with Crippen LogP contribution >= 0.6 is 11.6 Å². The first kappa shape index (κ1) is 16.8. The third-order valence-corrected chi connectivity index (χ3v) is 4.03. The lowest BCUT2D eigenvalue weighted by molar-refractivity contribution is -0.141. The zero-order valence-electron chi connectivity index (χ0n) is 12.9. The Labute approximate surface area is 133 Å². The Hall–Kier alpha value is -1.60. The van der Waals surface area contributed by atoms with Crippen LogP contribution in [0.25, 0.3) is 0 Å². The molecule has 1 fully saturated rings. The van der Waals surface area contributed by atoms with Gasteiger partial charge in [-0.05, 0) is 5.92 Å². The number of carboxylic acids is 1.